The van der Waals surface area contributed by atoms with Crippen LogP contribution in [0.5, 0.6) is 0 Å². The number of benzene rings is 1. The molecule has 4 aromatic rings. The molecule has 0 saturated heterocycles. The standard InChI is InChI=1S/C21H18N4O2S/c1-3-11-24-20(27)16-8-4-5-9-17(16)23-21(24)28-13-15-12-19(26)25-14(2)7-6-10-18(25)22-15/h3-10,12H,1,11,13H2,2H3. The molecule has 0 aliphatic heterocycles. The van der Waals surface area contributed by atoms with Crippen molar-refractivity contribution in [2.45, 2.75) is 24.4 Å². The zero-order chi connectivity index (χ0) is 19.7. The highest BCUT2D eigenvalue weighted by Gasteiger charge is 2.12. The zero-order valence-electron chi connectivity index (χ0n) is 15.3. The maximum Gasteiger partial charge on any atom is 0.262 e. The number of thioether (sulfide) groups is 1. The molecule has 0 amide bonds. The zero-order valence-corrected chi connectivity index (χ0v) is 16.1. The van der Waals surface area contributed by atoms with Crippen molar-refractivity contribution in [1.82, 2.24) is 18.9 Å². The van der Waals surface area contributed by atoms with Gasteiger partial charge in [0.15, 0.2) is 5.16 Å². The molecule has 7 heteroatoms. The average Bonchev–Trinajstić information content (AvgIpc) is 2.69. The Morgan fingerprint density at radius 3 is 2.75 bits per heavy atom. The van der Waals surface area contributed by atoms with E-state index in [-0.39, 0.29) is 11.1 Å². The van der Waals surface area contributed by atoms with Crippen LogP contribution in [0.3, 0.4) is 0 Å². The second-order valence-electron chi connectivity index (χ2n) is 6.35. The average molecular weight is 390 g/mol. The molecular weight excluding hydrogens is 372 g/mol. The molecule has 3 aromatic heterocycles. The number of hydrogen-bond acceptors (Lipinski definition) is 5. The highest BCUT2D eigenvalue weighted by molar-refractivity contribution is 7.98. The lowest BCUT2D eigenvalue weighted by Gasteiger charge is -2.11. The fourth-order valence-electron chi connectivity index (χ4n) is 3.12. The topological polar surface area (TPSA) is 69.3 Å². The number of nitrogens with zero attached hydrogens (tertiary/aromatic N) is 4. The van der Waals surface area contributed by atoms with E-state index < -0.39 is 0 Å². The number of rotatable bonds is 5. The van der Waals surface area contributed by atoms with Crippen LogP contribution in [0.2, 0.25) is 0 Å². The fourth-order valence-corrected chi connectivity index (χ4v) is 4.03. The van der Waals surface area contributed by atoms with Gasteiger partial charge >= 0.3 is 0 Å². The van der Waals surface area contributed by atoms with Crippen LogP contribution in [0.1, 0.15) is 11.4 Å². The number of aryl methyl sites for hydroxylation is 1. The molecule has 0 aliphatic carbocycles. The summed E-state index contributed by atoms with van der Waals surface area (Å²) in [6.45, 7) is 5.98. The third-order valence-electron chi connectivity index (χ3n) is 4.42. The quantitative estimate of drug-likeness (QED) is 0.297. The summed E-state index contributed by atoms with van der Waals surface area (Å²) in [5.41, 5.74) is 2.53. The Hall–Kier alpha value is -3.19. The minimum atomic E-state index is -0.117. The van der Waals surface area contributed by atoms with Crippen LogP contribution < -0.4 is 11.1 Å². The maximum atomic E-state index is 12.8. The van der Waals surface area contributed by atoms with Gasteiger partial charge in [-0.15, -0.1) is 6.58 Å². The molecule has 0 spiro atoms. The summed E-state index contributed by atoms with van der Waals surface area (Å²) >= 11 is 1.38. The molecule has 0 bridgehead atoms. The first kappa shape index (κ1) is 18.2. The van der Waals surface area contributed by atoms with Crippen molar-refractivity contribution < 1.29 is 0 Å². The first-order valence-corrected chi connectivity index (χ1v) is 9.78. The SMILES string of the molecule is C=CCn1c(SCc2cc(=O)n3c(C)cccc3n2)nc2ccccc2c1=O. The van der Waals surface area contributed by atoms with E-state index in [0.29, 0.717) is 39.7 Å². The van der Waals surface area contributed by atoms with Crippen LogP contribution in [0.4, 0.5) is 0 Å². The second-order valence-corrected chi connectivity index (χ2v) is 7.29. The number of pyridine rings is 1. The summed E-state index contributed by atoms with van der Waals surface area (Å²) in [6.07, 6.45) is 1.67. The largest absolute Gasteiger partial charge is 0.283 e. The smallest absolute Gasteiger partial charge is 0.262 e. The Balaban J connectivity index is 1.74. The van der Waals surface area contributed by atoms with Crippen LogP contribution in [0, 0.1) is 6.92 Å². The first-order valence-electron chi connectivity index (χ1n) is 8.80. The number of fused-ring (bicyclic) bond motifs is 2. The molecule has 0 N–H and O–H groups in total. The molecule has 140 valence electrons. The lowest BCUT2D eigenvalue weighted by atomic mass is 10.2. The van der Waals surface area contributed by atoms with Crippen LogP contribution in [0.15, 0.2) is 75.9 Å². The van der Waals surface area contributed by atoms with Gasteiger partial charge in [0.25, 0.3) is 11.1 Å². The van der Waals surface area contributed by atoms with Crippen LogP contribution >= 0.6 is 11.8 Å². The molecule has 1 aromatic carbocycles. The van der Waals surface area contributed by atoms with E-state index in [0.717, 1.165) is 5.69 Å². The van der Waals surface area contributed by atoms with Gasteiger partial charge in [-0.05, 0) is 31.2 Å². The number of aromatic nitrogens is 4. The predicted octanol–water partition coefficient (Wildman–Crippen LogP) is 3.19. The summed E-state index contributed by atoms with van der Waals surface area (Å²) in [4.78, 5) is 34.5. The van der Waals surface area contributed by atoms with Gasteiger partial charge in [0, 0.05) is 24.1 Å². The van der Waals surface area contributed by atoms with E-state index in [9.17, 15) is 9.59 Å². The van der Waals surface area contributed by atoms with E-state index in [1.165, 1.54) is 17.8 Å². The molecule has 4 rings (SSSR count). The van der Waals surface area contributed by atoms with Gasteiger partial charge in [0.05, 0.1) is 16.6 Å². The lowest BCUT2D eigenvalue weighted by Crippen LogP contribution is -2.23. The summed E-state index contributed by atoms with van der Waals surface area (Å²) in [5.74, 6) is 0.432. The monoisotopic (exact) mass is 390 g/mol. The second kappa shape index (κ2) is 7.44. The van der Waals surface area contributed by atoms with Gasteiger partial charge < -0.3 is 0 Å². The van der Waals surface area contributed by atoms with Gasteiger partial charge in [-0.3, -0.25) is 18.6 Å². The van der Waals surface area contributed by atoms with Crippen molar-refractivity contribution in [1.29, 1.82) is 0 Å². The summed E-state index contributed by atoms with van der Waals surface area (Å²) in [7, 11) is 0. The van der Waals surface area contributed by atoms with Gasteiger partial charge in [-0.1, -0.05) is 36.0 Å². The number of hydrogen-bond donors (Lipinski definition) is 0. The molecule has 0 saturated carbocycles. The molecule has 6 nitrogen and oxygen atoms in total. The normalized spacial score (nSPS) is 11.2. The Kier molecular flexibility index (Phi) is 4.83. The summed E-state index contributed by atoms with van der Waals surface area (Å²) in [5, 5.41) is 1.15. The van der Waals surface area contributed by atoms with E-state index in [2.05, 4.69) is 16.5 Å². The molecule has 28 heavy (non-hydrogen) atoms. The molecule has 0 radical (unpaired) electrons. The number of allylic oxidation sites excluding steroid dienone is 1. The lowest BCUT2D eigenvalue weighted by molar-refractivity contribution is 0.671. The first-order chi connectivity index (χ1) is 13.6. The van der Waals surface area contributed by atoms with Crippen molar-refractivity contribution in [3.05, 3.63) is 93.3 Å². The maximum absolute atomic E-state index is 12.8. The molecular formula is C21H18N4O2S. The van der Waals surface area contributed by atoms with Crippen molar-refractivity contribution in [3.63, 3.8) is 0 Å². The molecule has 0 unspecified atom stereocenters. The highest BCUT2D eigenvalue weighted by atomic mass is 32.2. The Labute approximate surface area is 165 Å². The van der Waals surface area contributed by atoms with Crippen molar-refractivity contribution in [2.75, 3.05) is 0 Å². The summed E-state index contributed by atoms with van der Waals surface area (Å²) in [6, 6.07) is 14.4. The third kappa shape index (κ3) is 3.25. The van der Waals surface area contributed by atoms with Crippen molar-refractivity contribution in [3.8, 4) is 0 Å². The van der Waals surface area contributed by atoms with E-state index in [1.807, 2.05) is 43.3 Å². The van der Waals surface area contributed by atoms with Crippen molar-refractivity contribution in [2.24, 2.45) is 0 Å². The third-order valence-corrected chi connectivity index (χ3v) is 5.43. The molecule has 0 fully saturated rings. The van der Waals surface area contributed by atoms with Gasteiger partial charge in [-0.2, -0.15) is 0 Å². The van der Waals surface area contributed by atoms with Gasteiger partial charge in [0.2, 0.25) is 0 Å². The van der Waals surface area contributed by atoms with Crippen LogP contribution in [-0.2, 0) is 12.3 Å². The van der Waals surface area contributed by atoms with Crippen LogP contribution in [0.25, 0.3) is 16.6 Å². The Bertz CT molecular complexity index is 1320. The molecule has 3 heterocycles. The Morgan fingerprint density at radius 2 is 1.93 bits per heavy atom. The minimum absolute atomic E-state index is 0.102. The van der Waals surface area contributed by atoms with Gasteiger partial charge in [-0.25, -0.2) is 9.97 Å². The van der Waals surface area contributed by atoms with E-state index >= 15 is 0 Å². The fraction of sp³-hybridized carbons (Fsp3) is 0.143. The van der Waals surface area contributed by atoms with Crippen molar-refractivity contribution >= 4 is 28.3 Å². The minimum Gasteiger partial charge on any atom is -0.283 e. The van der Waals surface area contributed by atoms with Gasteiger partial charge in [0.1, 0.15) is 5.65 Å². The van der Waals surface area contributed by atoms with E-state index in [4.69, 9.17) is 0 Å². The van der Waals surface area contributed by atoms with E-state index in [1.54, 1.807) is 21.1 Å². The number of para-hydroxylation sites is 1. The predicted molar refractivity (Wildman–Crippen MR) is 112 cm³/mol. The Morgan fingerprint density at radius 1 is 1.11 bits per heavy atom. The highest BCUT2D eigenvalue weighted by Crippen LogP contribution is 2.21. The molecule has 0 atom stereocenters. The summed E-state index contributed by atoms with van der Waals surface area (Å²) < 4.78 is 3.17. The van der Waals surface area contributed by atoms with Crippen LogP contribution in [-0.4, -0.2) is 18.9 Å². The molecule has 0 aliphatic rings.